The lowest BCUT2D eigenvalue weighted by molar-refractivity contribution is -0.122. The Labute approximate surface area is 174 Å². The number of hydrogen-bond donors (Lipinski definition) is 2. The summed E-state index contributed by atoms with van der Waals surface area (Å²) in [4.78, 5) is 12.3. The number of carbonyl (C=O) groups is 1. The zero-order chi connectivity index (χ0) is 21.7. The number of anilines is 2. The van der Waals surface area contributed by atoms with Crippen LogP contribution in [0.2, 0.25) is 0 Å². The highest BCUT2D eigenvalue weighted by Crippen LogP contribution is 2.21. The largest absolute Gasteiger partial charge is 0.481 e. The van der Waals surface area contributed by atoms with Gasteiger partial charge in [-0.25, -0.2) is 12.8 Å². The van der Waals surface area contributed by atoms with Crippen LogP contribution in [0.1, 0.15) is 12.5 Å². The SMILES string of the molecule is Cc1ccccc1OC(C)C(=O)Nc1ccc(S(=O)(=O)Nc2ccccc2F)cc1. The predicted molar refractivity (Wildman–Crippen MR) is 114 cm³/mol. The molecule has 0 aliphatic rings. The summed E-state index contributed by atoms with van der Waals surface area (Å²) < 4.78 is 46.5. The van der Waals surface area contributed by atoms with E-state index in [2.05, 4.69) is 10.0 Å². The highest BCUT2D eigenvalue weighted by Gasteiger charge is 2.18. The minimum Gasteiger partial charge on any atom is -0.481 e. The van der Waals surface area contributed by atoms with Crippen LogP contribution in [0.5, 0.6) is 5.75 Å². The van der Waals surface area contributed by atoms with Gasteiger partial charge in [0.2, 0.25) is 0 Å². The summed E-state index contributed by atoms with van der Waals surface area (Å²) in [6, 6.07) is 18.4. The molecule has 0 aromatic heterocycles. The Morgan fingerprint density at radius 1 is 0.967 bits per heavy atom. The van der Waals surface area contributed by atoms with Crippen molar-refractivity contribution < 1.29 is 22.3 Å². The second kappa shape index (κ2) is 8.96. The second-order valence-electron chi connectivity index (χ2n) is 6.62. The fourth-order valence-electron chi connectivity index (χ4n) is 2.64. The van der Waals surface area contributed by atoms with Gasteiger partial charge >= 0.3 is 0 Å². The molecule has 3 rings (SSSR count). The zero-order valence-electron chi connectivity index (χ0n) is 16.4. The van der Waals surface area contributed by atoms with E-state index in [1.165, 1.54) is 42.5 Å². The number of nitrogens with one attached hydrogen (secondary N) is 2. The molecule has 0 saturated carbocycles. The summed E-state index contributed by atoms with van der Waals surface area (Å²) in [5, 5.41) is 2.68. The summed E-state index contributed by atoms with van der Waals surface area (Å²) in [7, 11) is -3.97. The molecule has 6 nitrogen and oxygen atoms in total. The van der Waals surface area contributed by atoms with Crippen LogP contribution in [-0.2, 0) is 14.8 Å². The van der Waals surface area contributed by atoms with E-state index in [1.807, 2.05) is 25.1 Å². The Morgan fingerprint density at radius 2 is 1.60 bits per heavy atom. The van der Waals surface area contributed by atoms with Crippen molar-refractivity contribution in [2.45, 2.75) is 24.8 Å². The van der Waals surface area contributed by atoms with Gasteiger partial charge in [-0.05, 0) is 61.9 Å². The Bertz CT molecular complexity index is 1150. The van der Waals surface area contributed by atoms with Gasteiger partial charge in [0.1, 0.15) is 11.6 Å². The number of ether oxygens (including phenoxy) is 1. The molecule has 0 bridgehead atoms. The quantitative estimate of drug-likeness (QED) is 0.586. The number of para-hydroxylation sites is 2. The molecule has 0 fully saturated rings. The van der Waals surface area contributed by atoms with Crippen molar-refractivity contribution in [3.63, 3.8) is 0 Å². The van der Waals surface area contributed by atoms with E-state index in [1.54, 1.807) is 13.0 Å². The zero-order valence-corrected chi connectivity index (χ0v) is 17.2. The van der Waals surface area contributed by atoms with Crippen molar-refractivity contribution in [2.75, 3.05) is 10.0 Å². The molecule has 0 spiro atoms. The second-order valence-corrected chi connectivity index (χ2v) is 8.31. The number of halogens is 1. The topological polar surface area (TPSA) is 84.5 Å². The van der Waals surface area contributed by atoms with Crippen LogP contribution in [0.25, 0.3) is 0 Å². The summed E-state index contributed by atoms with van der Waals surface area (Å²) in [6.45, 7) is 3.51. The van der Waals surface area contributed by atoms with Crippen LogP contribution in [0.15, 0.2) is 77.7 Å². The minimum absolute atomic E-state index is 0.0621. The number of amides is 1. The van der Waals surface area contributed by atoms with E-state index >= 15 is 0 Å². The average Bonchev–Trinajstić information content (AvgIpc) is 2.71. The third-order valence-electron chi connectivity index (χ3n) is 4.32. The Hall–Kier alpha value is -3.39. The summed E-state index contributed by atoms with van der Waals surface area (Å²) in [5.41, 5.74) is 1.18. The van der Waals surface area contributed by atoms with Gasteiger partial charge in [0.05, 0.1) is 10.6 Å². The van der Waals surface area contributed by atoms with E-state index in [4.69, 9.17) is 4.74 Å². The first-order valence-electron chi connectivity index (χ1n) is 9.17. The number of rotatable bonds is 7. The summed E-state index contributed by atoms with van der Waals surface area (Å²) in [6.07, 6.45) is -0.753. The Morgan fingerprint density at radius 3 is 2.27 bits per heavy atom. The van der Waals surface area contributed by atoms with Gasteiger partial charge in [-0.2, -0.15) is 0 Å². The number of benzene rings is 3. The maximum atomic E-state index is 13.7. The van der Waals surface area contributed by atoms with Crippen molar-refractivity contribution in [1.29, 1.82) is 0 Å². The first-order valence-corrected chi connectivity index (χ1v) is 10.6. The lowest BCUT2D eigenvalue weighted by Crippen LogP contribution is -2.30. The molecule has 3 aromatic carbocycles. The van der Waals surface area contributed by atoms with Gasteiger partial charge in [-0.3, -0.25) is 9.52 Å². The van der Waals surface area contributed by atoms with E-state index in [0.29, 0.717) is 11.4 Å². The molecule has 0 aliphatic heterocycles. The fraction of sp³-hybridized carbons (Fsp3) is 0.136. The van der Waals surface area contributed by atoms with E-state index in [9.17, 15) is 17.6 Å². The van der Waals surface area contributed by atoms with Gasteiger partial charge in [-0.15, -0.1) is 0 Å². The van der Waals surface area contributed by atoms with Crippen LogP contribution in [0.3, 0.4) is 0 Å². The number of carbonyl (C=O) groups excluding carboxylic acids is 1. The van der Waals surface area contributed by atoms with Crippen molar-refractivity contribution >= 4 is 27.3 Å². The molecule has 0 saturated heterocycles. The molecule has 0 heterocycles. The molecule has 0 aliphatic carbocycles. The minimum atomic E-state index is -3.97. The smallest absolute Gasteiger partial charge is 0.265 e. The molecule has 1 amide bonds. The normalized spacial score (nSPS) is 12.1. The summed E-state index contributed by atoms with van der Waals surface area (Å²) in [5.74, 6) is -0.438. The van der Waals surface area contributed by atoms with Crippen molar-refractivity contribution in [1.82, 2.24) is 0 Å². The molecule has 2 N–H and O–H groups in total. The fourth-order valence-corrected chi connectivity index (χ4v) is 3.71. The van der Waals surface area contributed by atoms with Crippen LogP contribution in [0.4, 0.5) is 15.8 Å². The van der Waals surface area contributed by atoms with Gasteiger partial charge in [0.15, 0.2) is 6.10 Å². The standard InChI is InChI=1S/C22H21FN2O4S/c1-15-7-3-6-10-21(15)29-16(2)22(26)24-17-11-13-18(14-12-17)30(27,28)25-20-9-5-4-8-19(20)23/h3-14,16,25H,1-2H3,(H,24,26). The Balaban J connectivity index is 1.66. The number of sulfonamides is 1. The molecular formula is C22H21FN2O4S. The molecule has 1 unspecified atom stereocenters. The lowest BCUT2D eigenvalue weighted by atomic mass is 10.2. The third-order valence-corrected chi connectivity index (χ3v) is 5.70. The van der Waals surface area contributed by atoms with Crippen LogP contribution >= 0.6 is 0 Å². The van der Waals surface area contributed by atoms with Crippen molar-refractivity contribution in [3.8, 4) is 5.75 Å². The van der Waals surface area contributed by atoms with E-state index < -0.39 is 21.9 Å². The molecular weight excluding hydrogens is 407 g/mol. The highest BCUT2D eigenvalue weighted by molar-refractivity contribution is 7.92. The van der Waals surface area contributed by atoms with Crippen LogP contribution in [0, 0.1) is 12.7 Å². The summed E-state index contributed by atoms with van der Waals surface area (Å²) >= 11 is 0. The van der Waals surface area contributed by atoms with E-state index in [-0.39, 0.29) is 16.5 Å². The first kappa shape index (κ1) is 21.3. The van der Waals surface area contributed by atoms with Crippen LogP contribution in [-0.4, -0.2) is 20.4 Å². The average molecular weight is 428 g/mol. The van der Waals surface area contributed by atoms with Crippen molar-refractivity contribution in [2.24, 2.45) is 0 Å². The third kappa shape index (κ3) is 5.15. The molecule has 156 valence electrons. The maximum absolute atomic E-state index is 13.7. The highest BCUT2D eigenvalue weighted by atomic mass is 32.2. The number of aryl methyl sites for hydroxylation is 1. The van der Waals surface area contributed by atoms with Gasteiger partial charge in [0.25, 0.3) is 15.9 Å². The molecule has 30 heavy (non-hydrogen) atoms. The molecule has 3 aromatic rings. The Kier molecular flexibility index (Phi) is 6.37. The van der Waals surface area contributed by atoms with Crippen LogP contribution < -0.4 is 14.8 Å². The van der Waals surface area contributed by atoms with Gasteiger partial charge < -0.3 is 10.1 Å². The number of hydrogen-bond acceptors (Lipinski definition) is 4. The van der Waals surface area contributed by atoms with E-state index in [0.717, 1.165) is 11.6 Å². The lowest BCUT2D eigenvalue weighted by Gasteiger charge is -2.16. The molecule has 0 radical (unpaired) electrons. The van der Waals surface area contributed by atoms with Gasteiger partial charge in [-0.1, -0.05) is 30.3 Å². The molecule has 1 atom stereocenters. The monoisotopic (exact) mass is 428 g/mol. The first-order chi connectivity index (χ1) is 14.3. The predicted octanol–water partition coefficient (Wildman–Crippen LogP) is 4.34. The maximum Gasteiger partial charge on any atom is 0.265 e. The molecule has 8 heteroatoms. The van der Waals surface area contributed by atoms with Crippen molar-refractivity contribution in [3.05, 3.63) is 84.2 Å². The van der Waals surface area contributed by atoms with Gasteiger partial charge in [0, 0.05) is 5.69 Å².